The Morgan fingerprint density at radius 3 is 2.38 bits per heavy atom. The molecule has 0 unspecified atom stereocenters. The van der Waals surface area contributed by atoms with Gasteiger partial charge in [-0.3, -0.25) is 0 Å². The highest BCUT2D eigenvalue weighted by molar-refractivity contribution is 5.77. The van der Waals surface area contributed by atoms with Crippen LogP contribution in [0.2, 0.25) is 0 Å². The molecule has 3 heteroatoms. The standard InChI is InChI=1S/C13H12FNO/c1-16-11-6-7-13(15)12(8-11)9-2-4-10(14)5-3-9/h2-8H,15H2,1H3. The molecule has 0 bridgehead atoms. The van der Waals surface area contributed by atoms with E-state index < -0.39 is 0 Å². The highest BCUT2D eigenvalue weighted by atomic mass is 19.1. The smallest absolute Gasteiger partial charge is 0.123 e. The molecule has 0 saturated heterocycles. The van der Waals surface area contributed by atoms with Crippen molar-refractivity contribution in [1.29, 1.82) is 0 Å². The fourth-order valence-corrected chi connectivity index (χ4v) is 1.54. The van der Waals surface area contributed by atoms with E-state index in [1.165, 1.54) is 12.1 Å². The Bertz CT molecular complexity index is 494. The summed E-state index contributed by atoms with van der Waals surface area (Å²) in [6.45, 7) is 0. The van der Waals surface area contributed by atoms with Crippen molar-refractivity contribution in [2.24, 2.45) is 0 Å². The molecular weight excluding hydrogens is 205 g/mol. The fraction of sp³-hybridized carbons (Fsp3) is 0.0769. The molecule has 0 fully saturated rings. The summed E-state index contributed by atoms with van der Waals surface area (Å²) in [4.78, 5) is 0. The summed E-state index contributed by atoms with van der Waals surface area (Å²) >= 11 is 0. The third-order valence-electron chi connectivity index (χ3n) is 2.42. The Balaban J connectivity index is 2.50. The number of rotatable bonds is 2. The molecule has 0 spiro atoms. The number of nitrogen functional groups attached to an aromatic ring is 1. The van der Waals surface area contributed by atoms with Crippen molar-refractivity contribution in [3.05, 3.63) is 48.3 Å². The molecule has 2 nitrogen and oxygen atoms in total. The van der Waals surface area contributed by atoms with E-state index in [0.29, 0.717) is 5.69 Å². The highest BCUT2D eigenvalue weighted by Crippen LogP contribution is 2.29. The van der Waals surface area contributed by atoms with Crippen molar-refractivity contribution >= 4 is 5.69 Å². The Labute approximate surface area is 93.5 Å². The van der Waals surface area contributed by atoms with Gasteiger partial charge in [-0.25, -0.2) is 4.39 Å². The molecule has 0 saturated carbocycles. The van der Waals surface area contributed by atoms with Gasteiger partial charge in [-0.05, 0) is 35.9 Å². The zero-order chi connectivity index (χ0) is 11.5. The highest BCUT2D eigenvalue weighted by Gasteiger charge is 2.04. The normalized spacial score (nSPS) is 10.1. The molecule has 0 aromatic heterocycles. The first-order chi connectivity index (χ1) is 7.70. The second-order valence-corrected chi connectivity index (χ2v) is 3.46. The van der Waals surface area contributed by atoms with Crippen molar-refractivity contribution in [2.45, 2.75) is 0 Å². The van der Waals surface area contributed by atoms with Crippen LogP contribution in [0.5, 0.6) is 5.75 Å². The van der Waals surface area contributed by atoms with Crippen LogP contribution < -0.4 is 10.5 Å². The van der Waals surface area contributed by atoms with E-state index >= 15 is 0 Å². The van der Waals surface area contributed by atoms with Gasteiger partial charge >= 0.3 is 0 Å². The number of hydrogen-bond donors (Lipinski definition) is 1. The van der Waals surface area contributed by atoms with Gasteiger partial charge in [0.1, 0.15) is 11.6 Å². The molecule has 0 aliphatic heterocycles. The largest absolute Gasteiger partial charge is 0.497 e. The molecule has 0 radical (unpaired) electrons. The van der Waals surface area contributed by atoms with Gasteiger partial charge in [-0.2, -0.15) is 0 Å². The van der Waals surface area contributed by atoms with Crippen molar-refractivity contribution in [2.75, 3.05) is 12.8 Å². The Morgan fingerprint density at radius 1 is 1.06 bits per heavy atom. The minimum absolute atomic E-state index is 0.259. The Morgan fingerprint density at radius 2 is 1.75 bits per heavy atom. The maximum absolute atomic E-state index is 12.8. The lowest BCUT2D eigenvalue weighted by molar-refractivity contribution is 0.415. The summed E-state index contributed by atoms with van der Waals surface area (Å²) in [5, 5.41) is 0. The van der Waals surface area contributed by atoms with E-state index in [9.17, 15) is 4.39 Å². The fourth-order valence-electron chi connectivity index (χ4n) is 1.54. The third kappa shape index (κ3) is 1.98. The van der Waals surface area contributed by atoms with E-state index in [0.717, 1.165) is 16.9 Å². The topological polar surface area (TPSA) is 35.2 Å². The first-order valence-electron chi connectivity index (χ1n) is 4.90. The molecule has 0 heterocycles. The van der Waals surface area contributed by atoms with Crippen LogP contribution >= 0.6 is 0 Å². The van der Waals surface area contributed by atoms with Gasteiger partial charge in [0.2, 0.25) is 0 Å². The number of benzene rings is 2. The summed E-state index contributed by atoms with van der Waals surface area (Å²) in [5.74, 6) is 0.471. The predicted molar refractivity (Wildman–Crippen MR) is 62.8 cm³/mol. The zero-order valence-electron chi connectivity index (χ0n) is 8.91. The van der Waals surface area contributed by atoms with Crippen LogP contribution in [-0.4, -0.2) is 7.11 Å². The summed E-state index contributed by atoms with van der Waals surface area (Å²) in [7, 11) is 1.60. The van der Waals surface area contributed by atoms with E-state index in [1.54, 1.807) is 31.4 Å². The maximum atomic E-state index is 12.8. The van der Waals surface area contributed by atoms with Gasteiger partial charge in [0.15, 0.2) is 0 Å². The molecule has 82 valence electrons. The quantitative estimate of drug-likeness (QED) is 0.784. The lowest BCUT2D eigenvalue weighted by Gasteiger charge is -2.08. The van der Waals surface area contributed by atoms with E-state index in [1.807, 2.05) is 6.07 Å². The van der Waals surface area contributed by atoms with Crippen LogP contribution in [0.25, 0.3) is 11.1 Å². The Hall–Kier alpha value is -2.03. The average molecular weight is 217 g/mol. The molecule has 0 atom stereocenters. The number of nitrogens with two attached hydrogens (primary N) is 1. The summed E-state index contributed by atoms with van der Waals surface area (Å²) in [5.41, 5.74) is 8.23. The predicted octanol–water partition coefficient (Wildman–Crippen LogP) is 3.08. The van der Waals surface area contributed by atoms with E-state index in [4.69, 9.17) is 10.5 Å². The molecule has 16 heavy (non-hydrogen) atoms. The summed E-state index contributed by atoms with van der Waals surface area (Å²) < 4.78 is 17.9. The zero-order valence-corrected chi connectivity index (χ0v) is 8.91. The molecule has 0 aliphatic carbocycles. The molecule has 0 aliphatic rings. The molecule has 2 aromatic carbocycles. The van der Waals surface area contributed by atoms with E-state index in [-0.39, 0.29) is 5.82 Å². The lowest BCUT2D eigenvalue weighted by Crippen LogP contribution is -1.91. The maximum Gasteiger partial charge on any atom is 0.123 e. The van der Waals surface area contributed by atoms with Gasteiger partial charge < -0.3 is 10.5 Å². The van der Waals surface area contributed by atoms with Gasteiger partial charge in [-0.15, -0.1) is 0 Å². The number of anilines is 1. The van der Waals surface area contributed by atoms with Crippen molar-refractivity contribution in [3.8, 4) is 16.9 Å². The number of hydrogen-bond acceptors (Lipinski definition) is 2. The molecule has 2 rings (SSSR count). The van der Waals surface area contributed by atoms with Crippen LogP contribution in [0.15, 0.2) is 42.5 Å². The molecule has 0 amide bonds. The van der Waals surface area contributed by atoms with Crippen LogP contribution in [0, 0.1) is 5.82 Å². The van der Waals surface area contributed by atoms with Gasteiger partial charge in [0, 0.05) is 11.3 Å². The lowest BCUT2D eigenvalue weighted by atomic mass is 10.0. The third-order valence-corrected chi connectivity index (χ3v) is 2.42. The van der Waals surface area contributed by atoms with Gasteiger partial charge in [0.05, 0.1) is 7.11 Å². The van der Waals surface area contributed by atoms with Crippen LogP contribution in [0.4, 0.5) is 10.1 Å². The van der Waals surface area contributed by atoms with Crippen LogP contribution in [-0.2, 0) is 0 Å². The average Bonchev–Trinajstić information content (AvgIpc) is 2.31. The minimum Gasteiger partial charge on any atom is -0.497 e. The Kier molecular flexibility index (Phi) is 2.77. The van der Waals surface area contributed by atoms with Crippen molar-refractivity contribution < 1.29 is 9.13 Å². The van der Waals surface area contributed by atoms with E-state index in [2.05, 4.69) is 0 Å². The first kappa shape index (κ1) is 10.5. The summed E-state index contributed by atoms with van der Waals surface area (Å²) in [6.07, 6.45) is 0. The van der Waals surface area contributed by atoms with Gasteiger partial charge in [-0.1, -0.05) is 12.1 Å². The first-order valence-corrected chi connectivity index (χ1v) is 4.90. The van der Waals surface area contributed by atoms with Crippen LogP contribution in [0.3, 0.4) is 0 Å². The number of halogens is 1. The number of methoxy groups -OCH3 is 1. The second kappa shape index (κ2) is 4.23. The minimum atomic E-state index is -0.259. The molecule has 2 aromatic rings. The van der Waals surface area contributed by atoms with Crippen molar-refractivity contribution in [1.82, 2.24) is 0 Å². The van der Waals surface area contributed by atoms with Gasteiger partial charge in [0.25, 0.3) is 0 Å². The molecular formula is C13H12FNO. The SMILES string of the molecule is COc1ccc(N)c(-c2ccc(F)cc2)c1. The second-order valence-electron chi connectivity index (χ2n) is 3.46. The summed E-state index contributed by atoms with van der Waals surface area (Å²) in [6, 6.07) is 11.6. The molecule has 2 N–H and O–H groups in total. The van der Waals surface area contributed by atoms with Crippen LogP contribution in [0.1, 0.15) is 0 Å². The van der Waals surface area contributed by atoms with Crippen molar-refractivity contribution in [3.63, 3.8) is 0 Å². The number of ether oxygens (including phenoxy) is 1. The monoisotopic (exact) mass is 217 g/mol.